The van der Waals surface area contributed by atoms with E-state index in [9.17, 15) is 19.8 Å². The van der Waals surface area contributed by atoms with Gasteiger partial charge in [-0.15, -0.1) is 0 Å². The Morgan fingerprint density at radius 3 is 1.91 bits per heavy atom. The molecule has 0 aromatic heterocycles. The molecule has 8 heteroatoms. The summed E-state index contributed by atoms with van der Waals surface area (Å²) in [5.74, 6) is -0.681. The van der Waals surface area contributed by atoms with Crippen LogP contribution in [0.25, 0.3) is 0 Å². The van der Waals surface area contributed by atoms with Gasteiger partial charge in [0.1, 0.15) is 11.2 Å². The maximum atomic E-state index is 12.2. The first-order valence-corrected chi connectivity index (χ1v) is 7.17. The number of nitrogens with zero attached hydrogens (tertiary/aromatic N) is 2. The molecule has 0 aromatic carbocycles. The Morgan fingerprint density at radius 2 is 1.50 bits per heavy atom. The molecule has 0 bridgehead atoms. The lowest BCUT2D eigenvalue weighted by atomic mass is 10.1. The molecule has 1 heterocycles. The van der Waals surface area contributed by atoms with Crippen molar-refractivity contribution in [2.75, 3.05) is 13.2 Å². The summed E-state index contributed by atoms with van der Waals surface area (Å²) >= 11 is 0. The molecule has 1 aliphatic rings. The molecule has 2 amide bonds. The van der Waals surface area contributed by atoms with E-state index in [1.54, 1.807) is 41.5 Å². The van der Waals surface area contributed by atoms with Crippen LogP contribution in [0.4, 0.5) is 9.59 Å². The second-order valence-electron chi connectivity index (χ2n) is 7.24. The quantitative estimate of drug-likeness (QED) is 0.756. The van der Waals surface area contributed by atoms with Crippen molar-refractivity contribution in [1.29, 1.82) is 0 Å². The zero-order valence-electron chi connectivity index (χ0n) is 14.0. The standard InChI is InChI=1S/C14H26N2O6/c1-13(2,3)21-11(19)15-7-9(8-17)10(18)16(15)12(20)22-14(4,5)6/h9-10,17-18H,7-8H2,1-6H3/t9-,10+/m1/s1. The van der Waals surface area contributed by atoms with E-state index < -0.39 is 35.5 Å². The van der Waals surface area contributed by atoms with Gasteiger partial charge < -0.3 is 19.7 Å². The Bertz CT molecular complexity index is 426. The van der Waals surface area contributed by atoms with Crippen molar-refractivity contribution in [3.05, 3.63) is 0 Å². The van der Waals surface area contributed by atoms with Crippen LogP contribution in [0.15, 0.2) is 0 Å². The third-order valence-corrected chi connectivity index (χ3v) is 2.76. The van der Waals surface area contributed by atoms with Crippen LogP contribution in [-0.4, -0.2) is 63.0 Å². The first kappa shape index (κ1) is 18.5. The van der Waals surface area contributed by atoms with Gasteiger partial charge in [0, 0.05) is 5.92 Å². The van der Waals surface area contributed by atoms with Crippen molar-refractivity contribution >= 4 is 12.2 Å². The zero-order chi connectivity index (χ0) is 17.3. The predicted octanol–water partition coefficient (Wildman–Crippen LogP) is 1.32. The number of hydrogen-bond acceptors (Lipinski definition) is 6. The summed E-state index contributed by atoms with van der Waals surface area (Å²) in [7, 11) is 0. The molecule has 2 atom stereocenters. The molecular formula is C14H26N2O6. The van der Waals surface area contributed by atoms with E-state index in [1.165, 1.54) is 0 Å². The number of hydrogen-bond donors (Lipinski definition) is 2. The average molecular weight is 318 g/mol. The Labute approximate surface area is 130 Å². The smallest absolute Gasteiger partial charge is 0.431 e. The van der Waals surface area contributed by atoms with Crippen LogP contribution in [0.5, 0.6) is 0 Å². The molecule has 2 N–H and O–H groups in total. The number of aliphatic hydroxyl groups excluding tert-OH is 2. The summed E-state index contributed by atoms with van der Waals surface area (Å²) in [6.45, 7) is 9.69. The first-order valence-electron chi connectivity index (χ1n) is 7.17. The number of carbonyl (C=O) groups excluding carboxylic acids is 2. The van der Waals surface area contributed by atoms with Crippen molar-refractivity contribution in [3.63, 3.8) is 0 Å². The Balaban J connectivity index is 2.97. The number of rotatable bonds is 1. The van der Waals surface area contributed by atoms with Gasteiger partial charge >= 0.3 is 12.2 Å². The van der Waals surface area contributed by atoms with E-state index in [-0.39, 0.29) is 13.2 Å². The van der Waals surface area contributed by atoms with E-state index in [0.717, 1.165) is 10.0 Å². The highest BCUT2D eigenvalue weighted by molar-refractivity contribution is 5.75. The van der Waals surface area contributed by atoms with Crippen molar-refractivity contribution in [3.8, 4) is 0 Å². The number of hydrazine groups is 1. The fourth-order valence-electron chi connectivity index (χ4n) is 1.89. The van der Waals surface area contributed by atoms with Gasteiger partial charge in [0.05, 0.1) is 13.2 Å². The SMILES string of the molecule is CC(C)(C)OC(=O)N1C[C@H](CO)[C@H](O)N1C(=O)OC(C)(C)C. The summed E-state index contributed by atoms with van der Waals surface area (Å²) < 4.78 is 10.4. The number of ether oxygens (including phenoxy) is 2. The number of aliphatic hydroxyl groups is 2. The highest BCUT2D eigenvalue weighted by Gasteiger charge is 2.47. The highest BCUT2D eigenvalue weighted by Crippen LogP contribution is 2.26. The molecule has 0 aromatic rings. The van der Waals surface area contributed by atoms with E-state index in [2.05, 4.69) is 0 Å². The number of amides is 2. The van der Waals surface area contributed by atoms with Gasteiger partial charge in [-0.1, -0.05) is 0 Å². The summed E-state index contributed by atoms with van der Waals surface area (Å²) in [6.07, 6.45) is -3.01. The normalized spacial score (nSPS) is 22.7. The predicted molar refractivity (Wildman–Crippen MR) is 77.6 cm³/mol. The molecule has 1 aliphatic heterocycles. The zero-order valence-corrected chi connectivity index (χ0v) is 14.0. The largest absolute Gasteiger partial charge is 0.442 e. The van der Waals surface area contributed by atoms with Gasteiger partial charge in [-0.2, -0.15) is 5.01 Å². The molecule has 1 saturated heterocycles. The molecule has 1 fully saturated rings. The fraction of sp³-hybridized carbons (Fsp3) is 0.857. The van der Waals surface area contributed by atoms with E-state index in [1.807, 2.05) is 0 Å². The summed E-state index contributed by atoms with van der Waals surface area (Å²) in [4.78, 5) is 24.4. The van der Waals surface area contributed by atoms with Crippen LogP contribution in [0.3, 0.4) is 0 Å². The summed E-state index contributed by atoms with van der Waals surface area (Å²) in [6, 6.07) is 0. The third-order valence-electron chi connectivity index (χ3n) is 2.76. The lowest BCUT2D eigenvalue weighted by Crippen LogP contribution is -2.51. The molecule has 22 heavy (non-hydrogen) atoms. The molecule has 0 saturated carbocycles. The van der Waals surface area contributed by atoms with Crippen molar-refractivity contribution < 1.29 is 29.3 Å². The second kappa shape index (κ2) is 6.29. The fourth-order valence-corrected chi connectivity index (χ4v) is 1.89. The van der Waals surface area contributed by atoms with Crippen LogP contribution in [0.1, 0.15) is 41.5 Å². The van der Waals surface area contributed by atoms with E-state index in [0.29, 0.717) is 0 Å². The molecule has 0 unspecified atom stereocenters. The summed E-state index contributed by atoms with van der Waals surface area (Å²) in [5, 5.41) is 21.2. The third kappa shape index (κ3) is 4.74. The Morgan fingerprint density at radius 1 is 1.05 bits per heavy atom. The van der Waals surface area contributed by atoms with Crippen LogP contribution in [0, 0.1) is 5.92 Å². The molecule has 8 nitrogen and oxygen atoms in total. The molecule has 128 valence electrons. The van der Waals surface area contributed by atoms with Gasteiger partial charge in [0.25, 0.3) is 0 Å². The van der Waals surface area contributed by atoms with Crippen molar-refractivity contribution in [2.24, 2.45) is 5.92 Å². The topological polar surface area (TPSA) is 99.5 Å². The molecule has 0 spiro atoms. The second-order valence-corrected chi connectivity index (χ2v) is 7.24. The van der Waals surface area contributed by atoms with E-state index in [4.69, 9.17) is 9.47 Å². The lowest BCUT2D eigenvalue weighted by molar-refractivity contribution is -0.0960. The molecule has 1 rings (SSSR count). The van der Waals surface area contributed by atoms with Gasteiger partial charge in [-0.25, -0.2) is 14.6 Å². The molecule has 0 radical (unpaired) electrons. The van der Waals surface area contributed by atoms with E-state index >= 15 is 0 Å². The highest BCUT2D eigenvalue weighted by atomic mass is 16.6. The van der Waals surface area contributed by atoms with Crippen molar-refractivity contribution in [2.45, 2.75) is 59.0 Å². The Hall–Kier alpha value is -1.54. The molecule has 0 aliphatic carbocycles. The first-order chi connectivity index (χ1) is 9.85. The van der Waals surface area contributed by atoms with Gasteiger partial charge in [0.15, 0.2) is 6.23 Å². The minimum absolute atomic E-state index is 0.0359. The average Bonchev–Trinajstić information content (AvgIpc) is 2.61. The van der Waals surface area contributed by atoms with Gasteiger partial charge in [-0.3, -0.25) is 0 Å². The Kier molecular flexibility index (Phi) is 5.30. The van der Waals surface area contributed by atoms with Crippen LogP contribution in [-0.2, 0) is 9.47 Å². The van der Waals surface area contributed by atoms with Crippen LogP contribution < -0.4 is 0 Å². The number of carbonyl (C=O) groups is 2. The minimum atomic E-state index is -1.35. The minimum Gasteiger partial charge on any atom is -0.442 e. The van der Waals surface area contributed by atoms with Crippen molar-refractivity contribution in [1.82, 2.24) is 10.0 Å². The van der Waals surface area contributed by atoms with Crippen LogP contribution >= 0.6 is 0 Å². The lowest BCUT2D eigenvalue weighted by Gasteiger charge is -2.33. The maximum absolute atomic E-state index is 12.2. The monoisotopic (exact) mass is 318 g/mol. The summed E-state index contributed by atoms with van der Waals surface area (Å²) in [5.41, 5.74) is -1.54. The van der Waals surface area contributed by atoms with Crippen LogP contribution in [0.2, 0.25) is 0 Å². The van der Waals surface area contributed by atoms with Gasteiger partial charge in [0.2, 0.25) is 0 Å². The van der Waals surface area contributed by atoms with Gasteiger partial charge in [-0.05, 0) is 41.5 Å². The maximum Gasteiger partial charge on any atom is 0.431 e. The molecular weight excluding hydrogens is 292 g/mol.